The summed E-state index contributed by atoms with van der Waals surface area (Å²) in [7, 11) is 0. The highest BCUT2D eigenvalue weighted by molar-refractivity contribution is 5.69. The lowest BCUT2D eigenvalue weighted by Crippen LogP contribution is -2.50. The highest BCUT2D eigenvalue weighted by atomic mass is 16.6. The van der Waals surface area contributed by atoms with E-state index in [1.54, 1.807) is 4.90 Å². The maximum Gasteiger partial charge on any atom is 0.410 e. The second-order valence-corrected chi connectivity index (χ2v) is 7.75. The number of piperidine rings is 1. The number of carbonyl (C=O) groups excluding carboxylic acids is 2. The van der Waals surface area contributed by atoms with Gasteiger partial charge in [-0.25, -0.2) is 4.79 Å². The number of rotatable bonds is 5. The van der Waals surface area contributed by atoms with Crippen LogP contribution in [0, 0.1) is 11.8 Å². The van der Waals surface area contributed by atoms with Crippen LogP contribution in [0.3, 0.4) is 0 Å². The molecule has 1 aliphatic rings. The monoisotopic (exact) mass is 328 g/mol. The number of hydrogen-bond donors (Lipinski definition) is 1. The molecule has 2 unspecified atom stereocenters. The lowest BCUT2D eigenvalue weighted by Gasteiger charge is -2.37. The van der Waals surface area contributed by atoms with Crippen LogP contribution >= 0.6 is 0 Å². The molecule has 1 amide bonds. The third-order valence-corrected chi connectivity index (χ3v) is 3.74. The number of hydrogen-bond acceptors (Lipinski definition) is 5. The first-order valence-corrected chi connectivity index (χ1v) is 8.47. The molecular weight excluding hydrogens is 296 g/mol. The Labute approximate surface area is 139 Å². The molecule has 0 aliphatic carbocycles. The van der Waals surface area contributed by atoms with Crippen molar-refractivity contribution >= 4 is 12.1 Å². The number of ether oxygens (including phenoxy) is 2. The summed E-state index contributed by atoms with van der Waals surface area (Å²) in [6, 6.07) is 0.00610. The van der Waals surface area contributed by atoms with Crippen LogP contribution in [0.2, 0.25) is 0 Å². The van der Waals surface area contributed by atoms with Crippen molar-refractivity contribution in [3.8, 4) is 0 Å². The molecule has 0 bridgehead atoms. The summed E-state index contributed by atoms with van der Waals surface area (Å²) >= 11 is 0. The topological polar surface area (TPSA) is 81.9 Å². The predicted octanol–water partition coefficient (Wildman–Crippen LogP) is 2.55. The second-order valence-electron chi connectivity index (χ2n) is 7.75. The largest absolute Gasteiger partial charge is 0.465 e. The maximum atomic E-state index is 12.2. The molecule has 6 nitrogen and oxygen atoms in total. The molecule has 1 rings (SSSR count). The van der Waals surface area contributed by atoms with Crippen molar-refractivity contribution in [3.63, 3.8) is 0 Å². The van der Waals surface area contributed by atoms with Gasteiger partial charge in [0, 0.05) is 25.6 Å². The Kier molecular flexibility index (Phi) is 7.32. The van der Waals surface area contributed by atoms with E-state index in [0.717, 1.165) is 6.42 Å². The van der Waals surface area contributed by atoms with Crippen molar-refractivity contribution in [3.05, 3.63) is 0 Å². The molecule has 1 heterocycles. The van der Waals surface area contributed by atoms with E-state index >= 15 is 0 Å². The fourth-order valence-electron chi connectivity index (χ4n) is 2.48. The first kappa shape index (κ1) is 19.7. The van der Waals surface area contributed by atoms with E-state index in [9.17, 15) is 9.59 Å². The molecule has 134 valence electrons. The van der Waals surface area contributed by atoms with Crippen LogP contribution in [-0.4, -0.2) is 48.3 Å². The summed E-state index contributed by atoms with van der Waals surface area (Å²) in [5.74, 6) is 0.238. The molecule has 0 spiro atoms. The van der Waals surface area contributed by atoms with Crippen LogP contribution in [0.4, 0.5) is 4.79 Å². The molecule has 2 N–H and O–H groups in total. The minimum Gasteiger partial charge on any atom is -0.465 e. The van der Waals surface area contributed by atoms with Crippen molar-refractivity contribution in [2.24, 2.45) is 17.6 Å². The van der Waals surface area contributed by atoms with Crippen molar-refractivity contribution in [1.29, 1.82) is 0 Å². The minimum absolute atomic E-state index is 0.00610. The second kappa shape index (κ2) is 8.52. The third-order valence-electron chi connectivity index (χ3n) is 3.74. The van der Waals surface area contributed by atoms with Gasteiger partial charge in [0.1, 0.15) is 5.60 Å². The van der Waals surface area contributed by atoms with Gasteiger partial charge < -0.3 is 20.1 Å². The SMILES string of the molecule is CC(C)COC(=O)CCC1CN(C(=O)OC(C)(C)C)CCC1N. The van der Waals surface area contributed by atoms with E-state index in [4.69, 9.17) is 15.2 Å². The molecule has 1 fully saturated rings. The van der Waals surface area contributed by atoms with Crippen LogP contribution in [-0.2, 0) is 14.3 Å². The van der Waals surface area contributed by atoms with Gasteiger partial charge in [0.15, 0.2) is 0 Å². The first-order valence-electron chi connectivity index (χ1n) is 8.47. The Bertz CT molecular complexity index is 404. The maximum absolute atomic E-state index is 12.2. The molecule has 2 atom stereocenters. The van der Waals surface area contributed by atoms with Crippen molar-refractivity contribution in [1.82, 2.24) is 4.90 Å². The fraction of sp³-hybridized carbons (Fsp3) is 0.882. The van der Waals surface area contributed by atoms with Gasteiger partial charge in [-0.1, -0.05) is 13.8 Å². The van der Waals surface area contributed by atoms with E-state index in [2.05, 4.69) is 0 Å². The van der Waals surface area contributed by atoms with Crippen LogP contribution in [0.1, 0.15) is 53.9 Å². The van der Waals surface area contributed by atoms with Crippen molar-refractivity contribution < 1.29 is 19.1 Å². The quantitative estimate of drug-likeness (QED) is 0.784. The van der Waals surface area contributed by atoms with Gasteiger partial charge in [0.25, 0.3) is 0 Å². The summed E-state index contributed by atoms with van der Waals surface area (Å²) in [5, 5.41) is 0. The zero-order chi connectivity index (χ0) is 17.6. The Hall–Kier alpha value is -1.30. The van der Waals surface area contributed by atoms with E-state index in [-0.39, 0.29) is 24.0 Å². The number of amides is 1. The van der Waals surface area contributed by atoms with Gasteiger partial charge in [0.05, 0.1) is 6.61 Å². The molecule has 0 saturated carbocycles. The highest BCUT2D eigenvalue weighted by Crippen LogP contribution is 2.22. The van der Waals surface area contributed by atoms with Crippen LogP contribution in [0.15, 0.2) is 0 Å². The normalized spacial score (nSPS) is 22.1. The van der Waals surface area contributed by atoms with Crippen LogP contribution in [0.25, 0.3) is 0 Å². The van der Waals surface area contributed by atoms with Gasteiger partial charge in [-0.3, -0.25) is 4.79 Å². The summed E-state index contributed by atoms with van der Waals surface area (Å²) in [5.41, 5.74) is 5.64. The number of esters is 1. The average Bonchev–Trinajstić information content (AvgIpc) is 2.42. The molecule has 0 aromatic heterocycles. The molecule has 1 aliphatic heterocycles. The summed E-state index contributed by atoms with van der Waals surface area (Å²) in [4.78, 5) is 25.6. The Morgan fingerprint density at radius 1 is 1.30 bits per heavy atom. The molecule has 0 aromatic carbocycles. The Balaban J connectivity index is 2.45. The summed E-state index contributed by atoms with van der Waals surface area (Å²) in [6.45, 7) is 11.1. The predicted molar refractivity (Wildman–Crippen MR) is 88.9 cm³/mol. The highest BCUT2D eigenvalue weighted by Gasteiger charge is 2.32. The van der Waals surface area contributed by atoms with Gasteiger partial charge in [-0.15, -0.1) is 0 Å². The lowest BCUT2D eigenvalue weighted by atomic mass is 9.89. The van der Waals surface area contributed by atoms with Crippen molar-refractivity contribution in [2.75, 3.05) is 19.7 Å². The molecule has 0 radical (unpaired) electrons. The fourth-order valence-corrected chi connectivity index (χ4v) is 2.48. The number of carbonyl (C=O) groups is 2. The Morgan fingerprint density at radius 3 is 2.52 bits per heavy atom. The Morgan fingerprint density at radius 2 is 1.96 bits per heavy atom. The molecular formula is C17H32N2O4. The van der Waals surface area contributed by atoms with E-state index in [1.807, 2.05) is 34.6 Å². The number of nitrogens with two attached hydrogens (primary N) is 1. The van der Waals surface area contributed by atoms with E-state index in [1.165, 1.54) is 0 Å². The smallest absolute Gasteiger partial charge is 0.410 e. The average molecular weight is 328 g/mol. The van der Waals surface area contributed by atoms with E-state index < -0.39 is 5.60 Å². The van der Waals surface area contributed by atoms with Gasteiger partial charge >= 0.3 is 12.1 Å². The molecule has 23 heavy (non-hydrogen) atoms. The van der Waals surface area contributed by atoms with Gasteiger partial charge in [-0.2, -0.15) is 0 Å². The van der Waals surface area contributed by atoms with Gasteiger partial charge in [-0.05, 0) is 45.4 Å². The zero-order valence-electron chi connectivity index (χ0n) is 15.1. The summed E-state index contributed by atoms with van der Waals surface area (Å²) in [6.07, 6.45) is 1.40. The number of likely N-dealkylation sites (tertiary alicyclic amines) is 1. The lowest BCUT2D eigenvalue weighted by molar-refractivity contribution is -0.145. The van der Waals surface area contributed by atoms with Crippen LogP contribution in [0.5, 0.6) is 0 Å². The van der Waals surface area contributed by atoms with Crippen LogP contribution < -0.4 is 5.73 Å². The van der Waals surface area contributed by atoms with Gasteiger partial charge in [0.2, 0.25) is 0 Å². The van der Waals surface area contributed by atoms with E-state index in [0.29, 0.717) is 38.5 Å². The summed E-state index contributed by atoms with van der Waals surface area (Å²) < 4.78 is 10.6. The first-order chi connectivity index (χ1) is 10.6. The number of nitrogens with zero attached hydrogens (tertiary/aromatic N) is 1. The minimum atomic E-state index is -0.507. The van der Waals surface area contributed by atoms with Crippen molar-refractivity contribution in [2.45, 2.75) is 65.5 Å². The standard InChI is InChI=1S/C17H32N2O4/c1-12(2)11-22-15(20)7-6-13-10-19(9-8-14(13)18)16(21)23-17(3,4)5/h12-14H,6-11,18H2,1-5H3. The molecule has 6 heteroatoms. The zero-order valence-corrected chi connectivity index (χ0v) is 15.1. The molecule has 0 aromatic rings. The third kappa shape index (κ3) is 7.68. The molecule has 1 saturated heterocycles.